The fourth-order valence-corrected chi connectivity index (χ4v) is 3.73. The molecular weight excluding hydrogens is 319 g/mol. The average molecular weight is 340 g/mol. The van der Waals surface area contributed by atoms with Crippen molar-refractivity contribution >= 4 is 10.9 Å². The van der Waals surface area contributed by atoms with Gasteiger partial charge in [0, 0.05) is 25.1 Å². The largest absolute Gasteiger partial charge is 0.340 e. The van der Waals surface area contributed by atoms with E-state index in [1.807, 2.05) is 6.92 Å². The fourth-order valence-electron chi connectivity index (χ4n) is 3.73. The minimum atomic E-state index is -0.286. The lowest BCUT2D eigenvalue weighted by Crippen LogP contribution is -2.44. The van der Waals surface area contributed by atoms with Crippen molar-refractivity contribution in [1.82, 2.24) is 20.4 Å². The lowest BCUT2D eigenvalue weighted by Gasteiger charge is -2.35. The highest BCUT2D eigenvalue weighted by Crippen LogP contribution is 2.36. The molecule has 1 aliphatic rings. The zero-order valence-corrected chi connectivity index (χ0v) is 14.3. The van der Waals surface area contributed by atoms with Gasteiger partial charge in [-0.15, -0.1) is 0 Å². The molecule has 25 heavy (non-hydrogen) atoms. The number of pyridine rings is 1. The number of aromatic nitrogens is 3. The van der Waals surface area contributed by atoms with E-state index in [1.54, 1.807) is 24.4 Å². The van der Waals surface area contributed by atoms with Crippen molar-refractivity contribution in [2.45, 2.75) is 51.1 Å². The zero-order chi connectivity index (χ0) is 17.3. The van der Waals surface area contributed by atoms with Crippen LogP contribution in [0.3, 0.4) is 0 Å². The van der Waals surface area contributed by atoms with Gasteiger partial charge in [0.1, 0.15) is 5.82 Å². The number of hydrogen-bond acceptors (Lipinski definition) is 5. The van der Waals surface area contributed by atoms with Crippen LogP contribution in [0, 0.1) is 12.7 Å². The summed E-state index contributed by atoms with van der Waals surface area (Å²) < 4.78 is 19.2. The van der Waals surface area contributed by atoms with Crippen LogP contribution >= 0.6 is 0 Å². The Bertz CT molecular complexity index is 886. The van der Waals surface area contributed by atoms with Crippen molar-refractivity contribution in [3.63, 3.8) is 0 Å². The quantitative estimate of drug-likeness (QED) is 0.777. The van der Waals surface area contributed by atoms with E-state index in [4.69, 9.17) is 4.52 Å². The third kappa shape index (κ3) is 3.02. The molecule has 0 aliphatic heterocycles. The van der Waals surface area contributed by atoms with Gasteiger partial charge < -0.3 is 9.84 Å². The number of aryl methyl sites for hydroxylation is 1. The molecule has 1 fully saturated rings. The van der Waals surface area contributed by atoms with E-state index >= 15 is 0 Å². The molecule has 2 heterocycles. The molecule has 4 rings (SSSR count). The molecule has 0 amide bonds. The number of fused-ring (bicyclic) bond motifs is 1. The van der Waals surface area contributed by atoms with E-state index < -0.39 is 0 Å². The minimum Gasteiger partial charge on any atom is -0.340 e. The summed E-state index contributed by atoms with van der Waals surface area (Å²) in [5.74, 6) is 1.06. The lowest BCUT2D eigenvalue weighted by atomic mass is 9.81. The number of rotatable bonds is 4. The molecule has 5 nitrogen and oxygen atoms in total. The van der Waals surface area contributed by atoms with E-state index in [1.165, 1.54) is 12.5 Å². The highest BCUT2D eigenvalue weighted by atomic mass is 19.1. The number of nitrogens with zero attached hydrogens (tertiary/aromatic N) is 3. The van der Waals surface area contributed by atoms with E-state index in [-0.39, 0.29) is 11.4 Å². The Balaban J connectivity index is 1.65. The molecule has 0 radical (unpaired) electrons. The first kappa shape index (κ1) is 16.1. The summed E-state index contributed by atoms with van der Waals surface area (Å²) in [4.78, 5) is 8.85. The smallest absolute Gasteiger partial charge is 0.223 e. The van der Waals surface area contributed by atoms with Gasteiger partial charge in [-0.25, -0.2) is 4.39 Å². The van der Waals surface area contributed by atoms with Gasteiger partial charge in [-0.05, 0) is 36.6 Å². The van der Waals surface area contributed by atoms with E-state index in [0.717, 1.165) is 37.1 Å². The van der Waals surface area contributed by atoms with Crippen LogP contribution in [0.5, 0.6) is 0 Å². The van der Waals surface area contributed by atoms with Crippen molar-refractivity contribution in [2.75, 3.05) is 0 Å². The van der Waals surface area contributed by atoms with Crippen LogP contribution in [0.4, 0.5) is 4.39 Å². The summed E-state index contributed by atoms with van der Waals surface area (Å²) in [6, 6.07) is 6.83. The lowest BCUT2D eigenvalue weighted by molar-refractivity contribution is 0.211. The van der Waals surface area contributed by atoms with E-state index in [0.29, 0.717) is 23.3 Å². The zero-order valence-electron chi connectivity index (χ0n) is 14.3. The van der Waals surface area contributed by atoms with Crippen LogP contribution in [0.25, 0.3) is 10.9 Å². The normalized spacial score (nSPS) is 17.0. The molecule has 3 aromatic rings. The van der Waals surface area contributed by atoms with Gasteiger partial charge in [0.15, 0.2) is 5.82 Å². The standard InChI is InChI=1S/C19H21FN4O/c1-13-23-18(24-25-13)19(9-3-2-4-10-19)22-12-14-7-8-16(20)15-6-5-11-21-17(14)15/h5-8,11,22H,2-4,9-10,12H2,1H3. The van der Waals surface area contributed by atoms with Crippen LogP contribution in [-0.4, -0.2) is 15.1 Å². The Morgan fingerprint density at radius 2 is 2.04 bits per heavy atom. The molecule has 1 aromatic carbocycles. The van der Waals surface area contributed by atoms with E-state index in [2.05, 4.69) is 20.4 Å². The monoisotopic (exact) mass is 340 g/mol. The van der Waals surface area contributed by atoms with Crippen molar-refractivity contribution in [1.29, 1.82) is 0 Å². The molecule has 1 aliphatic carbocycles. The SMILES string of the molecule is Cc1nc(C2(NCc3ccc(F)c4cccnc34)CCCCC2)no1. The maximum absolute atomic E-state index is 14.0. The Labute approximate surface area is 145 Å². The molecule has 0 spiro atoms. The first-order valence-electron chi connectivity index (χ1n) is 8.76. The van der Waals surface area contributed by atoms with Gasteiger partial charge in [0.2, 0.25) is 5.89 Å². The summed E-state index contributed by atoms with van der Waals surface area (Å²) in [5, 5.41) is 8.37. The summed E-state index contributed by atoms with van der Waals surface area (Å²) in [6.07, 6.45) is 7.12. The van der Waals surface area contributed by atoms with E-state index in [9.17, 15) is 4.39 Å². The van der Waals surface area contributed by atoms with Crippen LogP contribution in [0.15, 0.2) is 35.0 Å². The van der Waals surface area contributed by atoms with Crippen molar-refractivity contribution in [3.8, 4) is 0 Å². The molecule has 1 saturated carbocycles. The summed E-state index contributed by atoms with van der Waals surface area (Å²) in [7, 11) is 0. The third-order valence-corrected chi connectivity index (χ3v) is 5.08. The van der Waals surface area contributed by atoms with Gasteiger partial charge in [-0.3, -0.25) is 4.98 Å². The summed E-state index contributed by atoms with van der Waals surface area (Å²) in [6.45, 7) is 2.39. The number of nitrogens with one attached hydrogen (secondary N) is 1. The second kappa shape index (κ2) is 6.52. The van der Waals surface area contributed by atoms with Crippen molar-refractivity contribution in [3.05, 3.63) is 53.6 Å². The maximum atomic E-state index is 14.0. The summed E-state index contributed by atoms with van der Waals surface area (Å²) in [5.41, 5.74) is 1.39. The predicted molar refractivity (Wildman–Crippen MR) is 92.3 cm³/mol. The molecule has 0 saturated heterocycles. The molecular formula is C19H21FN4O. The van der Waals surface area contributed by atoms with Crippen molar-refractivity contribution < 1.29 is 8.91 Å². The van der Waals surface area contributed by atoms with Gasteiger partial charge in [-0.1, -0.05) is 30.5 Å². The number of benzene rings is 1. The van der Waals surface area contributed by atoms with Gasteiger partial charge in [-0.2, -0.15) is 4.98 Å². The Kier molecular flexibility index (Phi) is 4.21. The minimum absolute atomic E-state index is 0.243. The fraction of sp³-hybridized carbons (Fsp3) is 0.421. The second-order valence-electron chi connectivity index (χ2n) is 6.74. The van der Waals surface area contributed by atoms with Gasteiger partial charge >= 0.3 is 0 Å². The Morgan fingerprint density at radius 3 is 2.80 bits per heavy atom. The molecule has 130 valence electrons. The van der Waals surface area contributed by atoms with Gasteiger partial charge in [0.05, 0.1) is 11.1 Å². The first-order valence-corrected chi connectivity index (χ1v) is 8.76. The van der Waals surface area contributed by atoms with Crippen molar-refractivity contribution in [2.24, 2.45) is 0 Å². The number of halogens is 1. The molecule has 1 N–H and O–H groups in total. The molecule has 0 unspecified atom stereocenters. The molecule has 0 bridgehead atoms. The molecule has 2 aromatic heterocycles. The second-order valence-corrected chi connectivity index (χ2v) is 6.74. The van der Waals surface area contributed by atoms with Crippen LogP contribution in [0.2, 0.25) is 0 Å². The Morgan fingerprint density at radius 1 is 1.20 bits per heavy atom. The van der Waals surface area contributed by atoms with Gasteiger partial charge in [0.25, 0.3) is 0 Å². The number of hydrogen-bond donors (Lipinski definition) is 1. The third-order valence-electron chi connectivity index (χ3n) is 5.08. The highest BCUT2D eigenvalue weighted by Gasteiger charge is 2.37. The average Bonchev–Trinajstić information content (AvgIpc) is 3.09. The van der Waals surface area contributed by atoms with Crippen LogP contribution in [0.1, 0.15) is 49.4 Å². The summed E-state index contributed by atoms with van der Waals surface area (Å²) >= 11 is 0. The highest BCUT2D eigenvalue weighted by molar-refractivity contribution is 5.82. The van der Waals surface area contributed by atoms with Crippen LogP contribution in [-0.2, 0) is 12.1 Å². The Hall–Kier alpha value is -2.34. The predicted octanol–water partition coefficient (Wildman–Crippen LogP) is 4.01. The topological polar surface area (TPSA) is 63.8 Å². The first-order chi connectivity index (χ1) is 12.2. The van der Waals surface area contributed by atoms with Crippen LogP contribution < -0.4 is 5.32 Å². The molecule has 6 heteroatoms. The molecule has 0 atom stereocenters. The maximum Gasteiger partial charge on any atom is 0.223 e.